The predicted octanol–water partition coefficient (Wildman–Crippen LogP) is -0.167. The lowest BCUT2D eigenvalue weighted by atomic mass is 10.7. The Morgan fingerprint density at radius 3 is 2.50 bits per heavy atom. The van der Waals surface area contributed by atoms with Crippen LogP contribution in [0.4, 0.5) is 5.82 Å². The van der Waals surface area contributed by atoms with Gasteiger partial charge in [0.2, 0.25) is 0 Å². The third-order valence-electron chi connectivity index (χ3n) is 0.714. The summed E-state index contributed by atoms with van der Waals surface area (Å²) in [5.41, 5.74) is 5.20. The number of nitrogen functional groups attached to an aromatic ring is 2. The summed E-state index contributed by atoms with van der Waals surface area (Å²) in [6, 6.07) is 0. The Kier molecular flexibility index (Phi) is 1.02. The van der Waals surface area contributed by atoms with Gasteiger partial charge in [0.15, 0.2) is 5.82 Å². The van der Waals surface area contributed by atoms with Crippen LogP contribution in [0.25, 0.3) is 0 Å². The van der Waals surface area contributed by atoms with E-state index in [1.807, 2.05) is 0 Å². The highest BCUT2D eigenvalue weighted by Crippen LogP contribution is 2.12. The summed E-state index contributed by atoms with van der Waals surface area (Å²) < 4.78 is 0. The Balaban J connectivity index is 3.14. The summed E-state index contributed by atoms with van der Waals surface area (Å²) in [7, 11) is 0. The molecule has 0 aromatic carbocycles. The van der Waals surface area contributed by atoms with E-state index in [0.717, 1.165) is 4.79 Å². The number of aromatic nitrogens is 2. The fraction of sp³-hybridized carbons (Fsp3) is 0. The number of hydrogen-bond donors (Lipinski definition) is 2. The molecule has 0 saturated carbocycles. The molecule has 4 nitrogen and oxygen atoms in total. The Hall–Kier alpha value is -0.900. The Morgan fingerprint density at radius 2 is 2.38 bits per heavy atom. The van der Waals surface area contributed by atoms with Crippen LogP contribution in [0, 0.1) is 0 Å². The van der Waals surface area contributed by atoms with E-state index in [0.29, 0.717) is 5.02 Å². The standard InChI is InChI=1S/C3H5ClN4/c4-2-1-8(6)7-3(2)5/h1H,6H2,(H2,5,7). The van der Waals surface area contributed by atoms with Crippen LogP contribution in [0.1, 0.15) is 0 Å². The Morgan fingerprint density at radius 1 is 1.75 bits per heavy atom. The van der Waals surface area contributed by atoms with Crippen molar-refractivity contribution in [3.63, 3.8) is 0 Å². The molecule has 0 aliphatic rings. The molecule has 5 heteroatoms. The van der Waals surface area contributed by atoms with Crippen molar-refractivity contribution in [2.45, 2.75) is 0 Å². The number of rotatable bonds is 0. The van der Waals surface area contributed by atoms with Gasteiger partial charge in [0, 0.05) is 0 Å². The summed E-state index contributed by atoms with van der Waals surface area (Å²) in [4.78, 5) is 1.07. The molecule has 1 aromatic heterocycles. The molecular weight excluding hydrogens is 128 g/mol. The van der Waals surface area contributed by atoms with Gasteiger partial charge in [-0.25, -0.2) is 0 Å². The van der Waals surface area contributed by atoms with Gasteiger partial charge in [0.1, 0.15) is 5.02 Å². The van der Waals surface area contributed by atoms with Gasteiger partial charge in [-0.2, -0.15) is 4.79 Å². The molecule has 44 valence electrons. The second-order valence-electron chi connectivity index (χ2n) is 1.34. The van der Waals surface area contributed by atoms with E-state index in [9.17, 15) is 0 Å². The van der Waals surface area contributed by atoms with Gasteiger partial charge < -0.3 is 11.6 Å². The minimum Gasteiger partial charge on any atom is -0.381 e. The molecule has 0 aliphatic carbocycles. The average Bonchev–Trinajstić information content (AvgIpc) is 1.85. The topological polar surface area (TPSA) is 69.9 Å². The van der Waals surface area contributed by atoms with Crippen LogP contribution in [-0.4, -0.2) is 9.89 Å². The van der Waals surface area contributed by atoms with Crippen molar-refractivity contribution in [1.82, 2.24) is 9.89 Å². The van der Waals surface area contributed by atoms with Crippen LogP contribution in [0.15, 0.2) is 6.20 Å². The second kappa shape index (κ2) is 1.56. The van der Waals surface area contributed by atoms with Crippen molar-refractivity contribution in [3.05, 3.63) is 11.2 Å². The highest BCUT2D eigenvalue weighted by Gasteiger charge is 1.97. The van der Waals surface area contributed by atoms with Crippen molar-refractivity contribution in [2.24, 2.45) is 0 Å². The lowest BCUT2D eigenvalue weighted by Crippen LogP contribution is -2.08. The quantitative estimate of drug-likeness (QED) is 0.482. The first kappa shape index (κ1) is 5.24. The zero-order valence-corrected chi connectivity index (χ0v) is 4.76. The number of nitrogens with zero attached hydrogens (tertiary/aromatic N) is 2. The highest BCUT2D eigenvalue weighted by molar-refractivity contribution is 6.32. The van der Waals surface area contributed by atoms with Crippen molar-refractivity contribution >= 4 is 17.4 Å². The zero-order chi connectivity index (χ0) is 6.15. The molecule has 0 aliphatic heterocycles. The van der Waals surface area contributed by atoms with Gasteiger partial charge in [-0.05, 0) is 0 Å². The molecule has 1 heterocycles. The first-order valence-electron chi connectivity index (χ1n) is 1.96. The van der Waals surface area contributed by atoms with E-state index in [2.05, 4.69) is 5.10 Å². The van der Waals surface area contributed by atoms with Crippen LogP contribution in [0.2, 0.25) is 5.02 Å². The van der Waals surface area contributed by atoms with Crippen molar-refractivity contribution < 1.29 is 0 Å². The number of hydrogen-bond acceptors (Lipinski definition) is 3. The van der Waals surface area contributed by atoms with Gasteiger partial charge in [0.25, 0.3) is 0 Å². The fourth-order valence-electron chi connectivity index (χ4n) is 0.383. The monoisotopic (exact) mass is 132 g/mol. The van der Waals surface area contributed by atoms with E-state index < -0.39 is 0 Å². The summed E-state index contributed by atoms with van der Waals surface area (Å²) in [6.07, 6.45) is 1.43. The van der Waals surface area contributed by atoms with Gasteiger partial charge in [-0.1, -0.05) is 11.6 Å². The van der Waals surface area contributed by atoms with Gasteiger partial charge in [0.05, 0.1) is 6.20 Å². The molecule has 1 aromatic rings. The summed E-state index contributed by atoms with van der Waals surface area (Å²) in [5.74, 6) is 5.38. The third kappa shape index (κ3) is 0.696. The summed E-state index contributed by atoms with van der Waals surface area (Å²) in [5, 5.41) is 3.93. The van der Waals surface area contributed by atoms with Crippen LogP contribution >= 0.6 is 11.6 Å². The first-order chi connectivity index (χ1) is 3.70. The van der Waals surface area contributed by atoms with Crippen LogP contribution in [-0.2, 0) is 0 Å². The molecule has 0 atom stereocenters. The molecule has 0 spiro atoms. The smallest absolute Gasteiger partial charge is 0.166 e. The maximum absolute atomic E-state index is 5.44. The lowest BCUT2D eigenvalue weighted by molar-refractivity contribution is 0.837. The lowest BCUT2D eigenvalue weighted by Gasteiger charge is -1.80. The second-order valence-corrected chi connectivity index (χ2v) is 1.75. The molecule has 0 unspecified atom stereocenters. The highest BCUT2D eigenvalue weighted by atomic mass is 35.5. The molecule has 0 bridgehead atoms. The fourth-order valence-corrected chi connectivity index (χ4v) is 0.521. The molecule has 0 saturated heterocycles. The molecular formula is C3H5ClN4. The summed E-state index contributed by atoms with van der Waals surface area (Å²) >= 11 is 5.44. The van der Waals surface area contributed by atoms with Crippen LogP contribution in [0.3, 0.4) is 0 Å². The Bertz CT molecular complexity index is 174. The molecule has 0 amide bonds. The molecule has 4 N–H and O–H groups in total. The predicted molar refractivity (Wildman–Crippen MR) is 31.8 cm³/mol. The minimum absolute atomic E-state index is 0.258. The van der Waals surface area contributed by atoms with E-state index in [4.69, 9.17) is 23.2 Å². The third-order valence-corrected chi connectivity index (χ3v) is 1.00. The van der Waals surface area contributed by atoms with Gasteiger partial charge in [-0.15, -0.1) is 5.10 Å². The van der Waals surface area contributed by atoms with Crippen molar-refractivity contribution in [2.75, 3.05) is 11.6 Å². The minimum atomic E-state index is 0.258. The van der Waals surface area contributed by atoms with Gasteiger partial charge >= 0.3 is 0 Å². The normalized spacial score (nSPS) is 9.62. The zero-order valence-electron chi connectivity index (χ0n) is 4.00. The largest absolute Gasteiger partial charge is 0.381 e. The average molecular weight is 133 g/mol. The van der Waals surface area contributed by atoms with Gasteiger partial charge in [-0.3, -0.25) is 0 Å². The van der Waals surface area contributed by atoms with Crippen molar-refractivity contribution in [1.29, 1.82) is 0 Å². The van der Waals surface area contributed by atoms with E-state index in [1.165, 1.54) is 6.20 Å². The van der Waals surface area contributed by atoms with E-state index in [-0.39, 0.29) is 5.82 Å². The van der Waals surface area contributed by atoms with Crippen LogP contribution in [0.5, 0.6) is 0 Å². The molecule has 0 fully saturated rings. The van der Waals surface area contributed by atoms with E-state index in [1.54, 1.807) is 0 Å². The molecule has 8 heavy (non-hydrogen) atoms. The van der Waals surface area contributed by atoms with Crippen molar-refractivity contribution in [3.8, 4) is 0 Å². The number of anilines is 1. The summed E-state index contributed by atoms with van der Waals surface area (Å²) in [6.45, 7) is 0. The maximum atomic E-state index is 5.44. The van der Waals surface area contributed by atoms with E-state index >= 15 is 0 Å². The first-order valence-corrected chi connectivity index (χ1v) is 2.33. The van der Waals surface area contributed by atoms with Crippen LogP contribution < -0.4 is 11.6 Å². The Labute approximate surface area is 51.0 Å². The molecule has 1 rings (SSSR count). The number of nitrogens with two attached hydrogens (primary N) is 2. The SMILES string of the molecule is Nc1nn(N)cc1Cl. The molecule has 0 radical (unpaired) electrons. The maximum Gasteiger partial charge on any atom is 0.166 e. The number of halogens is 1.